The molecule has 0 saturated carbocycles. The van der Waals surface area contributed by atoms with E-state index < -0.39 is 0 Å². The highest BCUT2D eigenvalue weighted by Crippen LogP contribution is 2.37. The Bertz CT molecular complexity index is 962. The highest BCUT2D eigenvalue weighted by molar-refractivity contribution is 6.30. The van der Waals surface area contributed by atoms with E-state index in [4.69, 9.17) is 21.1 Å². The molecular weight excluding hydrogens is 424 g/mol. The Morgan fingerprint density at radius 3 is 2.78 bits per heavy atom. The average molecular weight is 455 g/mol. The van der Waals surface area contributed by atoms with Crippen LogP contribution in [0.15, 0.2) is 48.5 Å². The summed E-state index contributed by atoms with van der Waals surface area (Å²) in [6.45, 7) is 5.04. The minimum absolute atomic E-state index is 0.0222. The van der Waals surface area contributed by atoms with Crippen molar-refractivity contribution in [1.82, 2.24) is 9.80 Å². The summed E-state index contributed by atoms with van der Waals surface area (Å²) >= 11 is 6.09. The lowest BCUT2D eigenvalue weighted by molar-refractivity contribution is -0.0453. The monoisotopic (exact) mass is 454 g/mol. The topological polar surface area (TPSA) is 42.0 Å². The van der Waals surface area contributed by atoms with Crippen molar-refractivity contribution in [2.24, 2.45) is 0 Å². The number of rotatable bonds is 5. The number of carbonyl (C=O) groups excluding carboxylic acids is 1. The number of piperidine rings is 1. The molecular formula is C26H31ClN2O3. The van der Waals surface area contributed by atoms with Crippen molar-refractivity contribution in [3.8, 4) is 5.75 Å². The summed E-state index contributed by atoms with van der Waals surface area (Å²) in [6, 6.07) is 15.6. The summed E-state index contributed by atoms with van der Waals surface area (Å²) < 4.78 is 12.4. The molecule has 3 saturated heterocycles. The van der Waals surface area contributed by atoms with Crippen LogP contribution in [0.4, 0.5) is 0 Å². The van der Waals surface area contributed by atoms with E-state index in [0.29, 0.717) is 18.2 Å². The molecule has 0 aromatic heterocycles. The minimum Gasteiger partial charge on any atom is -0.488 e. The Balaban J connectivity index is 1.26. The smallest absolute Gasteiger partial charge is 0.254 e. The maximum absolute atomic E-state index is 13.6. The Morgan fingerprint density at radius 1 is 1.09 bits per heavy atom. The standard InChI is InChI=1S/C26H31ClN2O3/c27-21-8-5-9-22(15-21)32-23-16-26(31-18-23)11-6-14-29(19-26)25(30)24-10-2-1-7-20(24)17-28-12-3-4-13-28/h1-2,5,7-10,15,23H,3-4,6,11-14,16-19H2/t23-,26+/m1/s1. The molecule has 3 fully saturated rings. The molecule has 6 heteroatoms. The number of benzene rings is 2. The third kappa shape index (κ3) is 4.80. The molecule has 1 amide bonds. The number of hydrogen-bond acceptors (Lipinski definition) is 4. The van der Waals surface area contributed by atoms with Crippen molar-refractivity contribution in [2.75, 3.05) is 32.8 Å². The van der Waals surface area contributed by atoms with Gasteiger partial charge in [0.25, 0.3) is 5.91 Å². The SMILES string of the molecule is O=C(c1ccccc1CN1CCCC1)N1CCC[C@]2(C[C@@H](Oc3cccc(Cl)c3)CO2)C1. The molecule has 5 rings (SSSR count). The minimum atomic E-state index is -0.318. The summed E-state index contributed by atoms with van der Waals surface area (Å²) in [5, 5.41) is 0.665. The van der Waals surface area contributed by atoms with Gasteiger partial charge >= 0.3 is 0 Å². The molecule has 2 atom stereocenters. The average Bonchev–Trinajstić information content (AvgIpc) is 3.44. The number of likely N-dealkylation sites (tertiary alicyclic amines) is 2. The van der Waals surface area contributed by atoms with Gasteiger partial charge in [0.2, 0.25) is 0 Å². The fourth-order valence-electron chi connectivity index (χ4n) is 5.39. The van der Waals surface area contributed by atoms with Gasteiger partial charge in [-0.15, -0.1) is 0 Å². The van der Waals surface area contributed by atoms with Gasteiger partial charge in [-0.3, -0.25) is 9.69 Å². The summed E-state index contributed by atoms with van der Waals surface area (Å²) in [5.74, 6) is 0.893. The van der Waals surface area contributed by atoms with E-state index in [0.717, 1.165) is 62.3 Å². The second-order valence-electron chi connectivity index (χ2n) is 9.37. The van der Waals surface area contributed by atoms with Crippen molar-refractivity contribution >= 4 is 17.5 Å². The van der Waals surface area contributed by atoms with Crippen LogP contribution < -0.4 is 4.74 Å². The lowest BCUT2D eigenvalue weighted by Gasteiger charge is -2.40. The molecule has 5 nitrogen and oxygen atoms in total. The zero-order valence-corrected chi connectivity index (χ0v) is 19.2. The van der Waals surface area contributed by atoms with Gasteiger partial charge in [-0.05, 0) is 68.6 Å². The van der Waals surface area contributed by atoms with E-state index >= 15 is 0 Å². The van der Waals surface area contributed by atoms with Gasteiger partial charge in [0.15, 0.2) is 0 Å². The van der Waals surface area contributed by atoms with E-state index in [-0.39, 0.29) is 17.6 Å². The van der Waals surface area contributed by atoms with Crippen LogP contribution in [-0.2, 0) is 11.3 Å². The van der Waals surface area contributed by atoms with Crippen molar-refractivity contribution in [3.63, 3.8) is 0 Å². The molecule has 3 aliphatic rings. The van der Waals surface area contributed by atoms with E-state index in [1.807, 2.05) is 47.4 Å². The molecule has 3 aliphatic heterocycles. The van der Waals surface area contributed by atoms with Gasteiger partial charge in [0.05, 0.1) is 18.8 Å². The summed E-state index contributed by atoms with van der Waals surface area (Å²) in [7, 11) is 0. The number of halogens is 1. The fourth-order valence-corrected chi connectivity index (χ4v) is 5.57. The number of nitrogens with zero attached hydrogens (tertiary/aromatic N) is 2. The number of hydrogen-bond donors (Lipinski definition) is 0. The van der Waals surface area contributed by atoms with E-state index in [1.54, 1.807) is 0 Å². The molecule has 1 spiro atoms. The Morgan fingerprint density at radius 2 is 1.94 bits per heavy atom. The van der Waals surface area contributed by atoms with Gasteiger partial charge in [-0.1, -0.05) is 35.9 Å². The first-order valence-electron chi connectivity index (χ1n) is 11.8. The predicted molar refractivity (Wildman–Crippen MR) is 125 cm³/mol. The fraction of sp³-hybridized carbons (Fsp3) is 0.500. The van der Waals surface area contributed by atoms with Crippen molar-refractivity contribution in [2.45, 2.75) is 50.4 Å². The normalized spacial score (nSPS) is 26.0. The number of carbonyl (C=O) groups is 1. The zero-order valence-electron chi connectivity index (χ0n) is 18.5. The Labute approximate surface area is 195 Å². The van der Waals surface area contributed by atoms with Gasteiger partial charge < -0.3 is 14.4 Å². The van der Waals surface area contributed by atoms with Gasteiger partial charge in [-0.25, -0.2) is 0 Å². The lowest BCUT2D eigenvalue weighted by Crippen LogP contribution is -2.50. The molecule has 0 aliphatic carbocycles. The maximum atomic E-state index is 13.6. The Kier molecular flexibility index (Phi) is 6.40. The first-order valence-corrected chi connectivity index (χ1v) is 12.1. The van der Waals surface area contributed by atoms with Gasteiger partial charge in [0, 0.05) is 30.1 Å². The predicted octanol–water partition coefficient (Wildman–Crippen LogP) is 4.78. The van der Waals surface area contributed by atoms with E-state index in [2.05, 4.69) is 11.0 Å². The van der Waals surface area contributed by atoms with E-state index in [1.165, 1.54) is 12.8 Å². The van der Waals surface area contributed by atoms with Crippen LogP contribution in [0, 0.1) is 0 Å². The molecule has 0 N–H and O–H groups in total. The van der Waals surface area contributed by atoms with Gasteiger partial charge in [-0.2, -0.15) is 0 Å². The first-order chi connectivity index (χ1) is 15.6. The Hall–Kier alpha value is -2.08. The summed E-state index contributed by atoms with van der Waals surface area (Å²) in [5.41, 5.74) is 1.65. The highest BCUT2D eigenvalue weighted by atomic mass is 35.5. The lowest BCUT2D eigenvalue weighted by atomic mass is 9.88. The van der Waals surface area contributed by atoms with Crippen LogP contribution in [0.25, 0.3) is 0 Å². The van der Waals surface area contributed by atoms with Crippen LogP contribution in [0.3, 0.4) is 0 Å². The second kappa shape index (κ2) is 9.42. The highest BCUT2D eigenvalue weighted by Gasteiger charge is 2.45. The summed E-state index contributed by atoms with van der Waals surface area (Å²) in [4.78, 5) is 18.0. The van der Waals surface area contributed by atoms with Crippen LogP contribution >= 0.6 is 11.6 Å². The van der Waals surface area contributed by atoms with Crippen molar-refractivity contribution in [3.05, 3.63) is 64.7 Å². The second-order valence-corrected chi connectivity index (χ2v) is 9.80. The zero-order chi connectivity index (χ0) is 22.0. The third-order valence-corrected chi connectivity index (χ3v) is 7.18. The van der Waals surface area contributed by atoms with E-state index in [9.17, 15) is 4.79 Å². The third-order valence-electron chi connectivity index (χ3n) is 6.94. The number of amides is 1. The molecule has 0 radical (unpaired) electrons. The summed E-state index contributed by atoms with van der Waals surface area (Å²) in [6.07, 6.45) is 5.18. The molecule has 32 heavy (non-hydrogen) atoms. The molecule has 170 valence electrons. The molecule has 2 aromatic carbocycles. The van der Waals surface area contributed by atoms with Crippen LogP contribution in [0.5, 0.6) is 5.75 Å². The van der Waals surface area contributed by atoms with Crippen LogP contribution in [-0.4, -0.2) is 60.2 Å². The first kappa shape index (κ1) is 21.7. The largest absolute Gasteiger partial charge is 0.488 e. The maximum Gasteiger partial charge on any atom is 0.254 e. The van der Waals surface area contributed by atoms with Crippen molar-refractivity contribution in [1.29, 1.82) is 0 Å². The molecule has 2 aromatic rings. The van der Waals surface area contributed by atoms with Crippen LogP contribution in [0.1, 0.15) is 48.0 Å². The molecule has 0 bridgehead atoms. The van der Waals surface area contributed by atoms with Gasteiger partial charge in [0.1, 0.15) is 11.9 Å². The molecule has 3 heterocycles. The quantitative estimate of drug-likeness (QED) is 0.652. The number of ether oxygens (including phenoxy) is 2. The molecule has 0 unspecified atom stereocenters. The van der Waals surface area contributed by atoms with Crippen LogP contribution in [0.2, 0.25) is 5.02 Å². The van der Waals surface area contributed by atoms with Crippen molar-refractivity contribution < 1.29 is 14.3 Å².